The number of benzene rings is 4. The lowest BCUT2D eigenvalue weighted by Crippen LogP contribution is -2.01. The molecular weight excluding hydrogens is 592 g/mol. The van der Waals surface area contributed by atoms with Crippen molar-refractivity contribution >= 4 is 35.3 Å². The predicted octanol–water partition coefficient (Wildman–Crippen LogP) is 6.43. The maximum Gasteiger partial charge on any atom is 0.318 e. The molecule has 0 amide bonds. The van der Waals surface area contributed by atoms with Crippen LogP contribution in [0.4, 0.5) is 22.7 Å². The Balaban J connectivity index is 1.83. The van der Waals surface area contributed by atoms with E-state index in [1.807, 2.05) is 0 Å². The van der Waals surface area contributed by atoms with E-state index in [0.717, 1.165) is 48.5 Å². The van der Waals surface area contributed by atoms with Crippen LogP contribution < -0.4 is 18.9 Å². The zero-order valence-corrected chi connectivity index (χ0v) is 21.4. The molecule has 0 fully saturated rings. The highest BCUT2D eigenvalue weighted by Crippen LogP contribution is 2.46. The van der Waals surface area contributed by atoms with Gasteiger partial charge in [-0.15, -0.1) is 0 Å². The third-order valence-electron chi connectivity index (χ3n) is 5.86. The highest BCUT2D eigenvalue weighted by atomic mass is 16.6. The lowest BCUT2D eigenvalue weighted by Gasteiger charge is -2.15. The number of nitro groups is 4. The van der Waals surface area contributed by atoms with E-state index in [-0.39, 0.29) is 34.1 Å². The summed E-state index contributed by atoms with van der Waals surface area (Å²) in [7, 11) is 0. The van der Waals surface area contributed by atoms with Crippen molar-refractivity contribution in [3.8, 4) is 46.0 Å². The van der Waals surface area contributed by atoms with Crippen LogP contribution in [0, 0.1) is 40.5 Å². The molecule has 18 nitrogen and oxygen atoms in total. The van der Waals surface area contributed by atoms with Crippen LogP contribution in [0.5, 0.6) is 46.0 Å². The van der Waals surface area contributed by atoms with Crippen LogP contribution in [0.2, 0.25) is 0 Å². The molecule has 5 rings (SSSR count). The monoisotopic (exact) mass is 604 g/mol. The first kappa shape index (κ1) is 28.5. The summed E-state index contributed by atoms with van der Waals surface area (Å²) in [6.45, 7) is 0. The Morgan fingerprint density at radius 1 is 0.409 bits per heavy atom. The molecule has 0 N–H and O–H groups in total. The second kappa shape index (κ2) is 11.1. The molecule has 18 heteroatoms. The van der Waals surface area contributed by atoms with Crippen LogP contribution in [0.1, 0.15) is 20.7 Å². The molecule has 8 bridgehead atoms. The number of carbonyl (C=O) groups is 2. The lowest BCUT2D eigenvalue weighted by atomic mass is 10.2. The van der Waals surface area contributed by atoms with Crippen LogP contribution in [0.25, 0.3) is 0 Å². The molecule has 44 heavy (non-hydrogen) atoms. The highest BCUT2D eigenvalue weighted by Gasteiger charge is 2.30. The van der Waals surface area contributed by atoms with Gasteiger partial charge in [-0.2, -0.15) is 0 Å². The number of ether oxygens (including phenoxy) is 4. The largest absolute Gasteiger partial charge is 0.450 e. The Morgan fingerprint density at radius 3 is 0.864 bits per heavy atom. The average molecular weight is 604 g/mol. The molecule has 1 aliphatic heterocycles. The first-order valence-corrected chi connectivity index (χ1v) is 11.8. The van der Waals surface area contributed by atoms with Gasteiger partial charge in [0.2, 0.25) is 23.0 Å². The summed E-state index contributed by atoms with van der Waals surface area (Å²) in [5.41, 5.74) is -3.74. The fourth-order valence-corrected chi connectivity index (χ4v) is 4.04. The summed E-state index contributed by atoms with van der Waals surface area (Å²) in [5, 5.41) is 47.3. The van der Waals surface area contributed by atoms with Gasteiger partial charge in [0.25, 0.3) is 0 Å². The minimum atomic E-state index is -0.966. The summed E-state index contributed by atoms with van der Waals surface area (Å²) in [6.07, 6.45) is 0.680. The van der Waals surface area contributed by atoms with Crippen LogP contribution in [0.3, 0.4) is 0 Å². The molecule has 0 atom stereocenters. The first-order chi connectivity index (χ1) is 20.9. The van der Waals surface area contributed by atoms with E-state index < -0.39 is 65.4 Å². The number of nitrogens with zero attached hydrogens (tertiary/aromatic N) is 4. The second-order valence-electron chi connectivity index (χ2n) is 8.72. The van der Waals surface area contributed by atoms with Crippen molar-refractivity contribution in [2.45, 2.75) is 0 Å². The molecule has 1 heterocycles. The molecule has 1 aliphatic rings. The maximum atomic E-state index is 11.8. The van der Waals surface area contributed by atoms with Crippen LogP contribution in [0.15, 0.2) is 60.7 Å². The maximum absolute atomic E-state index is 11.8. The van der Waals surface area contributed by atoms with E-state index in [1.54, 1.807) is 0 Å². The topological polar surface area (TPSA) is 244 Å². The molecule has 0 saturated carbocycles. The van der Waals surface area contributed by atoms with E-state index in [0.29, 0.717) is 24.7 Å². The van der Waals surface area contributed by atoms with Crippen molar-refractivity contribution < 1.29 is 48.2 Å². The zero-order valence-electron chi connectivity index (χ0n) is 21.4. The van der Waals surface area contributed by atoms with Crippen molar-refractivity contribution in [3.63, 3.8) is 0 Å². The van der Waals surface area contributed by atoms with Gasteiger partial charge in [-0.25, -0.2) is 0 Å². The van der Waals surface area contributed by atoms with Crippen molar-refractivity contribution in [3.05, 3.63) is 112 Å². The quantitative estimate of drug-likeness (QED) is 0.115. The highest BCUT2D eigenvalue weighted by molar-refractivity contribution is 5.78. The molecule has 4 aromatic carbocycles. The summed E-state index contributed by atoms with van der Waals surface area (Å²) in [6, 6.07) is 9.40. The predicted molar refractivity (Wildman–Crippen MR) is 143 cm³/mol. The molecule has 4 aromatic rings. The molecule has 0 radical (unpaired) electrons. The molecule has 220 valence electrons. The van der Waals surface area contributed by atoms with Gasteiger partial charge in [0, 0.05) is 35.4 Å². The first-order valence-electron chi connectivity index (χ1n) is 11.8. The Bertz CT molecular complexity index is 1690. The van der Waals surface area contributed by atoms with Crippen molar-refractivity contribution in [2.24, 2.45) is 0 Å². The van der Waals surface area contributed by atoms with E-state index >= 15 is 0 Å². The van der Waals surface area contributed by atoms with Gasteiger partial charge >= 0.3 is 22.7 Å². The molecule has 0 unspecified atom stereocenters. The van der Waals surface area contributed by atoms with E-state index in [9.17, 15) is 50.0 Å². The van der Waals surface area contributed by atoms with E-state index in [1.165, 1.54) is 0 Å². The van der Waals surface area contributed by atoms with Gasteiger partial charge in [0.1, 0.15) is 47.7 Å². The molecule has 0 aromatic heterocycles. The SMILES string of the molecule is O=Cc1cc2cc(c1)Oc1cc(c([N+](=O)[O-])cc1[N+](=O)[O-])Oc1cc(C=O)cc(c1)Oc1cc(c([N+](=O)[O-])cc1[N+](=O)[O-])O2. The third-order valence-corrected chi connectivity index (χ3v) is 5.86. The number of hydrogen-bond donors (Lipinski definition) is 0. The van der Waals surface area contributed by atoms with Crippen LogP contribution in [-0.2, 0) is 0 Å². The van der Waals surface area contributed by atoms with Gasteiger partial charge in [-0.3, -0.25) is 50.0 Å². The van der Waals surface area contributed by atoms with Crippen molar-refractivity contribution in [1.29, 1.82) is 0 Å². The fraction of sp³-hybridized carbons (Fsp3) is 0. The van der Waals surface area contributed by atoms with E-state index in [4.69, 9.17) is 18.9 Å². The number of fused-ring (bicyclic) bond motifs is 8. The summed E-state index contributed by atoms with van der Waals surface area (Å²) in [5.74, 6) is -3.47. The molecule has 0 spiro atoms. The average Bonchev–Trinajstić information content (AvgIpc) is 2.96. The molecular formula is C26H12N4O14. The van der Waals surface area contributed by atoms with Crippen molar-refractivity contribution in [2.75, 3.05) is 0 Å². The summed E-state index contributed by atoms with van der Waals surface area (Å²) >= 11 is 0. The smallest absolute Gasteiger partial charge is 0.318 e. The van der Waals surface area contributed by atoms with Gasteiger partial charge in [0.05, 0.1) is 19.7 Å². The third kappa shape index (κ3) is 5.61. The zero-order chi connectivity index (χ0) is 31.7. The number of rotatable bonds is 6. The van der Waals surface area contributed by atoms with Gasteiger partial charge in [0.15, 0.2) is 0 Å². The van der Waals surface area contributed by atoms with Gasteiger partial charge < -0.3 is 18.9 Å². The number of nitro benzene ring substituents is 4. The molecule has 0 saturated heterocycles. The number of hydrogen-bond acceptors (Lipinski definition) is 14. The minimum Gasteiger partial charge on any atom is -0.450 e. The van der Waals surface area contributed by atoms with E-state index in [2.05, 4.69) is 0 Å². The number of aldehydes is 2. The number of carbonyl (C=O) groups excluding carboxylic acids is 2. The lowest BCUT2D eigenvalue weighted by molar-refractivity contribution is -0.395. The van der Waals surface area contributed by atoms with Crippen LogP contribution in [-0.4, -0.2) is 32.3 Å². The van der Waals surface area contributed by atoms with Crippen LogP contribution >= 0.6 is 0 Å². The Morgan fingerprint density at radius 2 is 0.659 bits per heavy atom. The van der Waals surface area contributed by atoms with Crippen molar-refractivity contribution in [1.82, 2.24) is 0 Å². The normalized spacial score (nSPS) is 11.5. The second-order valence-corrected chi connectivity index (χ2v) is 8.72. The summed E-state index contributed by atoms with van der Waals surface area (Å²) < 4.78 is 22.5. The Kier molecular flexibility index (Phi) is 7.22. The van der Waals surface area contributed by atoms with Gasteiger partial charge in [-0.1, -0.05) is 0 Å². The minimum absolute atomic E-state index is 0.128. The fourth-order valence-electron chi connectivity index (χ4n) is 4.04. The van der Waals surface area contributed by atoms with Gasteiger partial charge in [-0.05, 0) is 24.3 Å². The Labute approximate surface area is 242 Å². The summed E-state index contributed by atoms with van der Waals surface area (Å²) in [4.78, 5) is 66.7. The molecule has 0 aliphatic carbocycles. The standard InChI is InChI=1S/C26H12N4O14/c31-11-13-1-15-5-16(2-13)42-25-10-26(22(30(39)40)8-21(25)29(37)38)44-18-4-14(12-32)3-17(6-18)43-24-9-23(41-15)19(27(33)34)7-20(24)28(35)36/h1-12H. The Hall–Kier alpha value is -6.98.